The first kappa shape index (κ1) is 17.7. The van der Waals surface area contributed by atoms with E-state index in [4.69, 9.17) is 9.15 Å². The van der Waals surface area contributed by atoms with E-state index in [9.17, 15) is 4.79 Å². The molecule has 0 unspecified atom stereocenters. The largest absolute Gasteiger partial charge is 0.493 e. The van der Waals surface area contributed by atoms with Gasteiger partial charge in [-0.25, -0.2) is 9.48 Å². The van der Waals surface area contributed by atoms with Crippen LogP contribution in [0.1, 0.15) is 17.0 Å². The van der Waals surface area contributed by atoms with Gasteiger partial charge in [-0.2, -0.15) is 14.9 Å². The first-order valence-corrected chi connectivity index (χ1v) is 9.84. The molecule has 0 bridgehead atoms. The molecule has 0 aliphatic carbocycles. The first-order valence-electron chi connectivity index (χ1n) is 8.86. The summed E-state index contributed by atoms with van der Waals surface area (Å²) in [5.74, 6) is 1.47. The maximum absolute atomic E-state index is 12.7. The molecule has 0 spiro atoms. The second kappa shape index (κ2) is 6.59. The van der Waals surface area contributed by atoms with Gasteiger partial charge in [0.15, 0.2) is 11.3 Å². The molecule has 10 heteroatoms. The fourth-order valence-corrected chi connectivity index (χ4v) is 4.11. The lowest BCUT2D eigenvalue weighted by Crippen LogP contribution is -2.21. The maximum atomic E-state index is 12.7. The lowest BCUT2D eigenvalue weighted by molar-refractivity contribution is 0.406. The van der Waals surface area contributed by atoms with Crippen molar-refractivity contribution in [2.24, 2.45) is 5.10 Å². The predicted octanol–water partition coefficient (Wildman–Crippen LogP) is 2.55. The molecule has 1 aliphatic rings. The number of aromatic nitrogens is 5. The van der Waals surface area contributed by atoms with Crippen molar-refractivity contribution in [2.45, 2.75) is 19.0 Å². The van der Waals surface area contributed by atoms with Crippen LogP contribution in [0.3, 0.4) is 0 Å². The van der Waals surface area contributed by atoms with Crippen molar-refractivity contribution in [2.75, 3.05) is 12.9 Å². The van der Waals surface area contributed by atoms with Crippen molar-refractivity contribution in [1.82, 2.24) is 24.7 Å². The van der Waals surface area contributed by atoms with Crippen molar-refractivity contribution in [3.8, 4) is 11.7 Å². The Hall–Kier alpha value is -3.40. The van der Waals surface area contributed by atoms with Gasteiger partial charge in [-0.3, -0.25) is 0 Å². The van der Waals surface area contributed by atoms with E-state index < -0.39 is 5.63 Å². The van der Waals surface area contributed by atoms with E-state index in [1.54, 1.807) is 28.6 Å². The third-order valence-corrected chi connectivity index (χ3v) is 5.54. The fourth-order valence-electron chi connectivity index (χ4n) is 3.29. The molecular weight excluding hydrogens is 392 g/mol. The first-order chi connectivity index (χ1) is 14.0. The highest BCUT2D eigenvalue weighted by atomic mass is 32.2. The number of aryl methyl sites for hydroxylation is 2. The van der Waals surface area contributed by atoms with Crippen LogP contribution in [0.5, 0.6) is 5.75 Å². The standard InChI is InChI=1S/C19H16N6O3S/c1-10-7-11(2)24(22-10)18-20-21-19-25(18)23-14(9-29-19)13-8-12-5-4-6-15(27-3)16(12)28-17(13)26/h4-8H,9H2,1-3H3. The van der Waals surface area contributed by atoms with Crippen LogP contribution in [0.25, 0.3) is 16.9 Å². The lowest BCUT2D eigenvalue weighted by atomic mass is 10.1. The predicted molar refractivity (Wildman–Crippen MR) is 108 cm³/mol. The molecule has 0 saturated heterocycles. The van der Waals surface area contributed by atoms with E-state index in [2.05, 4.69) is 20.4 Å². The molecule has 4 heterocycles. The molecule has 1 aromatic carbocycles. The van der Waals surface area contributed by atoms with Gasteiger partial charge in [0.05, 0.1) is 24.1 Å². The molecule has 29 heavy (non-hydrogen) atoms. The van der Waals surface area contributed by atoms with E-state index >= 15 is 0 Å². The van der Waals surface area contributed by atoms with Crippen molar-refractivity contribution in [3.05, 3.63) is 57.7 Å². The van der Waals surface area contributed by atoms with Crippen molar-refractivity contribution in [3.63, 3.8) is 0 Å². The average Bonchev–Trinajstić information content (AvgIpc) is 3.28. The molecule has 9 nitrogen and oxygen atoms in total. The topological polar surface area (TPSA) is 100 Å². The number of thioether (sulfide) groups is 1. The number of rotatable bonds is 3. The normalized spacial score (nSPS) is 13.4. The molecule has 5 rings (SSSR count). The number of hydrogen-bond acceptors (Lipinski definition) is 8. The quantitative estimate of drug-likeness (QED) is 0.480. The number of ether oxygens (including phenoxy) is 1. The van der Waals surface area contributed by atoms with Crippen LogP contribution >= 0.6 is 11.8 Å². The van der Waals surface area contributed by atoms with E-state index in [1.165, 1.54) is 11.8 Å². The highest BCUT2D eigenvalue weighted by Crippen LogP contribution is 2.28. The van der Waals surface area contributed by atoms with Crippen molar-refractivity contribution < 1.29 is 9.15 Å². The molecule has 0 N–H and O–H groups in total. The Bertz CT molecular complexity index is 1350. The zero-order valence-corrected chi connectivity index (χ0v) is 16.7. The van der Waals surface area contributed by atoms with Crippen LogP contribution in [-0.2, 0) is 0 Å². The number of methoxy groups -OCH3 is 1. The van der Waals surface area contributed by atoms with Crippen LogP contribution in [0.4, 0.5) is 0 Å². The Labute approximate surface area is 169 Å². The summed E-state index contributed by atoms with van der Waals surface area (Å²) in [6, 6.07) is 9.20. The van der Waals surface area contributed by atoms with E-state index in [0.29, 0.717) is 39.5 Å². The molecule has 0 atom stereocenters. The Morgan fingerprint density at radius 1 is 1.21 bits per heavy atom. The van der Waals surface area contributed by atoms with E-state index in [1.807, 2.05) is 32.0 Å². The van der Waals surface area contributed by atoms with Gasteiger partial charge in [-0.15, -0.1) is 10.2 Å². The number of fused-ring (bicyclic) bond motifs is 2. The monoisotopic (exact) mass is 408 g/mol. The molecule has 0 fully saturated rings. The zero-order valence-electron chi connectivity index (χ0n) is 15.9. The van der Waals surface area contributed by atoms with Crippen LogP contribution in [0, 0.1) is 13.8 Å². The van der Waals surface area contributed by atoms with E-state index in [0.717, 1.165) is 16.8 Å². The number of hydrogen-bond donors (Lipinski definition) is 0. The summed E-state index contributed by atoms with van der Waals surface area (Å²) in [7, 11) is 1.54. The van der Waals surface area contributed by atoms with Crippen molar-refractivity contribution >= 4 is 28.4 Å². The molecule has 0 radical (unpaired) electrons. The summed E-state index contributed by atoms with van der Waals surface area (Å²) in [4.78, 5) is 12.7. The third-order valence-electron chi connectivity index (χ3n) is 4.61. The Kier molecular flexibility index (Phi) is 4.02. The fraction of sp³-hybridized carbons (Fsp3) is 0.211. The van der Waals surface area contributed by atoms with Gasteiger partial charge in [-0.1, -0.05) is 23.9 Å². The lowest BCUT2D eigenvalue weighted by Gasteiger charge is -2.14. The Morgan fingerprint density at radius 3 is 2.83 bits per heavy atom. The van der Waals surface area contributed by atoms with Gasteiger partial charge < -0.3 is 9.15 Å². The molecule has 0 amide bonds. The second-order valence-corrected chi connectivity index (χ2v) is 7.54. The highest BCUT2D eigenvalue weighted by molar-refractivity contribution is 7.99. The molecule has 0 saturated carbocycles. The van der Waals surface area contributed by atoms with Gasteiger partial charge in [0, 0.05) is 16.8 Å². The molecule has 146 valence electrons. The number of benzene rings is 1. The smallest absolute Gasteiger partial charge is 0.345 e. The summed E-state index contributed by atoms with van der Waals surface area (Å²) in [6.07, 6.45) is 0. The van der Waals surface area contributed by atoms with Crippen LogP contribution in [-0.4, -0.2) is 43.2 Å². The molecular formula is C19H16N6O3S. The summed E-state index contributed by atoms with van der Waals surface area (Å²) in [5, 5.41) is 18.9. The highest BCUT2D eigenvalue weighted by Gasteiger charge is 2.24. The van der Waals surface area contributed by atoms with E-state index in [-0.39, 0.29) is 0 Å². The van der Waals surface area contributed by atoms with Gasteiger partial charge in [-0.05, 0) is 32.0 Å². The number of para-hydroxylation sites is 1. The van der Waals surface area contributed by atoms with Crippen LogP contribution in [0.2, 0.25) is 0 Å². The van der Waals surface area contributed by atoms with Gasteiger partial charge in [0.25, 0.3) is 5.95 Å². The van der Waals surface area contributed by atoms with Gasteiger partial charge in [0.2, 0.25) is 5.16 Å². The Balaban J connectivity index is 1.66. The van der Waals surface area contributed by atoms with Crippen LogP contribution < -0.4 is 10.4 Å². The minimum Gasteiger partial charge on any atom is -0.493 e. The van der Waals surface area contributed by atoms with Crippen molar-refractivity contribution in [1.29, 1.82) is 0 Å². The second-order valence-electron chi connectivity index (χ2n) is 6.59. The third kappa shape index (κ3) is 2.83. The average molecular weight is 408 g/mol. The zero-order chi connectivity index (χ0) is 20.1. The van der Waals surface area contributed by atoms with Gasteiger partial charge >= 0.3 is 5.63 Å². The SMILES string of the molecule is COc1cccc2cc(C3=Nn4c(nnc4-n4nc(C)cc4C)SC3)c(=O)oc12. The summed E-state index contributed by atoms with van der Waals surface area (Å²) in [6.45, 7) is 3.85. The van der Waals surface area contributed by atoms with Gasteiger partial charge in [0.1, 0.15) is 0 Å². The molecule has 4 aromatic rings. The summed E-state index contributed by atoms with van der Waals surface area (Å²) >= 11 is 1.45. The summed E-state index contributed by atoms with van der Waals surface area (Å²) in [5.41, 5.74) is 2.73. The molecule has 3 aromatic heterocycles. The van der Waals surface area contributed by atoms with Crippen LogP contribution in [0.15, 0.2) is 49.8 Å². The minimum atomic E-state index is -0.467. The Morgan fingerprint density at radius 2 is 2.07 bits per heavy atom. The maximum Gasteiger partial charge on any atom is 0.345 e. The summed E-state index contributed by atoms with van der Waals surface area (Å²) < 4.78 is 14.1. The number of nitrogens with zero attached hydrogens (tertiary/aromatic N) is 6. The minimum absolute atomic E-state index is 0.400. The molecule has 1 aliphatic heterocycles.